The Hall–Kier alpha value is -0.885. The van der Waals surface area contributed by atoms with Crippen molar-refractivity contribution in [3.63, 3.8) is 0 Å². The van der Waals surface area contributed by atoms with Gasteiger partial charge in [0.05, 0.1) is 6.61 Å². The SMILES string of the molecule is O=S(O)Nc1ccc2c(c1)B(O)OC2. The van der Waals surface area contributed by atoms with Crippen molar-refractivity contribution in [2.45, 2.75) is 6.61 Å². The van der Waals surface area contributed by atoms with Gasteiger partial charge >= 0.3 is 7.12 Å². The molecule has 1 aliphatic rings. The fraction of sp³-hybridized carbons (Fsp3) is 0.143. The maximum Gasteiger partial charge on any atom is 0.491 e. The average molecular weight is 213 g/mol. The maximum atomic E-state index is 10.5. The number of fused-ring (bicyclic) bond motifs is 1. The van der Waals surface area contributed by atoms with Crippen LogP contribution < -0.4 is 10.2 Å². The molecule has 0 aromatic heterocycles. The van der Waals surface area contributed by atoms with Crippen molar-refractivity contribution in [3.8, 4) is 0 Å². The fourth-order valence-corrected chi connectivity index (χ4v) is 1.71. The van der Waals surface area contributed by atoms with E-state index < -0.39 is 18.4 Å². The molecule has 0 radical (unpaired) electrons. The first-order chi connectivity index (χ1) is 6.66. The first kappa shape index (κ1) is 9.66. The Morgan fingerprint density at radius 2 is 2.36 bits per heavy atom. The Balaban J connectivity index is 2.30. The predicted octanol–water partition coefficient (Wildman–Crippen LogP) is -0.547. The Morgan fingerprint density at radius 1 is 1.57 bits per heavy atom. The summed E-state index contributed by atoms with van der Waals surface area (Å²) in [7, 11) is -0.932. The van der Waals surface area contributed by atoms with E-state index in [1.807, 2.05) is 0 Å². The summed E-state index contributed by atoms with van der Waals surface area (Å²) in [4.78, 5) is 0. The molecule has 0 aliphatic carbocycles. The van der Waals surface area contributed by atoms with Crippen molar-refractivity contribution in [3.05, 3.63) is 23.8 Å². The highest BCUT2D eigenvalue weighted by Crippen LogP contribution is 2.14. The lowest BCUT2D eigenvalue weighted by Crippen LogP contribution is -2.28. The number of nitrogens with one attached hydrogen (secondary N) is 1. The second kappa shape index (κ2) is 3.70. The summed E-state index contributed by atoms with van der Waals surface area (Å²) in [5, 5.41) is 9.35. The van der Waals surface area contributed by atoms with Crippen molar-refractivity contribution in [2.24, 2.45) is 0 Å². The zero-order valence-corrected chi connectivity index (χ0v) is 7.95. The van der Waals surface area contributed by atoms with Crippen LogP contribution in [-0.4, -0.2) is 20.9 Å². The van der Waals surface area contributed by atoms with Crippen LogP contribution in [0.1, 0.15) is 5.56 Å². The molecule has 1 heterocycles. The first-order valence-electron chi connectivity index (χ1n) is 3.97. The Morgan fingerprint density at radius 3 is 3.07 bits per heavy atom. The molecule has 1 aliphatic heterocycles. The molecular formula is C7H8BNO4S. The predicted molar refractivity (Wildman–Crippen MR) is 53.2 cm³/mol. The molecule has 0 saturated heterocycles. The lowest BCUT2D eigenvalue weighted by atomic mass is 9.79. The van der Waals surface area contributed by atoms with Crippen LogP contribution in [0.3, 0.4) is 0 Å². The van der Waals surface area contributed by atoms with Gasteiger partial charge in [-0.3, -0.25) is 9.27 Å². The third kappa shape index (κ3) is 1.80. The molecule has 1 unspecified atom stereocenters. The Bertz CT molecular complexity index is 386. The van der Waals surface area contributed by atoms with E-state index in [1.165, 1.54) is 0 Å². The van der Waals surface area contributed by atoms with E-state index in [-0.39, 0.29) is 0 Å². The average Bonchev–Trinajstić information content (AvgIpc) is 2.47. The number of benzene rings is 1. The highest BCUT2D eigenvalue weighted by molar-refractivity contribution is 7.80. The van der Waals surface area contributed by atoms with Crippen LogP contribution in [0.4, 0.5) is 5.69 Å². The van der Waals surface area contributed by atoms with Gasteiger partial charge in [0, 0.05) is 5.69 Å². The summed E-state index contributed by atoms with van der Waals surface area (Å²) in [6, 6.07) is 5.01. The van der Waals surface area contributed by atoms with Crippen LogP contribution in [0.25, 0.3) is 0 Å². The summed E-state index contributed by atoms with van der Waals surface area (Å²) in [5.41, 5.74) is 2.02. The normalized spacial score (nSPS) is 16.6. The molecule has 3 N–H and O–H groups in total. The molecule has 0 saturated carbocycles. The minimum absolute atomic E-state index is 0.374. The van der Waals surface area contributed by atoms with E-state index in [4.69, 9.17) is 9.21 Å². The van der Waals surface area contributed by atoms with Gasteiger partial charge in [-0.15, -0.1) is 0 Å². The molecule has 1 aromatic rings. The van der Waals surface area contributed by atoms with Crippen LogP contribution in [0.15, 0.2) is 18.2 Å². The van der Waals surface area contributed by atoms with E-state index in [1.54, 1.807) is 18.2 Å². The van der Waals surface area contributed by atoms with Crippen molar-refractivity contribution < 1.29 is 18.4 Å². The van der Waals surface area contributed by atoms with Gasteiger partial charge in [-0.2, -0.15) is 0 Å². The molecule has 5 nitrogen and oxygen atoms in total. The van der Waals surface area contributed by atoms with Crippen molar-refractivity contribution in [1.82, 2.24) is 0 Å². The van der Waals surface area contributed by atoms with E-state index in [0.29, 0.717) is 17.8 Å². The van der Waals surface area contributed by atoms with Crippen LogP contribution in [0.2, 0.25) is 0 Å². The zero-order chi connectivity index (χ0) is 10.1. The first-order valence-corrected chi connectivity index (χ1v) is 5.07. The van der Waals surface area contributed by atoms with Crippen LogP contribution in [-0.2, 0) is 22.5 Å². The standard InChI is InChI=1S/C7H8BNO4S/c10-8-7-3-6(9-14(11)12)2-1-5(7)4-13-8/h1-3,9-10H,4H2,(H,11,12). The van der Waals surface area contributed by atoms with Gasteiger partial charge < -0.3 is 9.68 Å². The van der Waals surface area contributed by atoms with E-state index in [2.05, 4.69) is 4.72 Å². The second-order valence-electron chi connectivity index (χ2n) is 2.93. The summed E-state index contributed by atoms with van der Waals surface area (Å²) in [6.45, 7) is 0.374. The minimum atomic E-state index is -2.10. The van der Waals surface area contributed by atoms with Gasteiger partial charge in [-0.1, -0.05) is 6.07 Å². The zero-order valence-electron chi connectivity index (χ0n) is 7.14. The third-order valence-electron chi connectivity index (χ3n) is 2.01. The number of rotatable bonds is 2. The highest BCUT2D eigenvalue weighted by Gasteiger charge is 2.27. The topological polar surface area (TPSA) is 78.8 Å². The summed E-state index contributed by atoms with van der Waals surface area (Å²) in [5.74, 6) is 0. The third-order valence-corrected chi connectivity index (χ3v) is 2.42. The van der Waals surface area contributed by atoms with Gasteiger partial charge in [0.1, 0.15) is 0 Å². The van der Waals surface area contributed by atoms with Crippen LogP contribution in [0, 0.1) is 0 Å². The van der Waals surface area contributed by atoms with Gasteiger partial charge in [-0.25, -0.2) is 4.21 Å². The van der Waals surface area contributed by atoms with E-state index in [9.17, 15) is 9.23 Å². The van der Waals surface area contributed by atoms with Crippen LogP contribution >= 0.6 is 0 Å². The minimum Gasteiger partial charge on any atom is -0.423 e. The molecule has 0 spiro atoms. The molecule has 74 valence electrons. The molecule has 0 bridgehead atoms. The van der Waals surface area contributed by atoms with Gasteiger partial charge in [0.15, 0.2) is 0 Å². The van der Waals surface area contributed by atoms with Crippen LogP contribution in [0.5, 0.6) is 0 Å². The van der Waals surface area contributed by atoms with Crippen molar-refractivity contribution in [2.75, 3.05) is 4.72 Å². The summed E-state index contributed by atoms with van der Waals surface area (Å²) in [6.07, 6.45) is 0. The Labute approximate surface area is 83.7 Å². The van der Waals surface area contributed by atoms with Gasteiger partial charge in [0.25, 0.3) is 11.3 Å². The largest absolute Gasteiger partial charge is 0.491 e. The lowest BCUT2D eigenvalue weighted by Gasteiger charge is -2.03. The molecule has 0 fully saturated rings. The monoisotopic (exact) mass is 213 g/mol. The molecule has 1 aromatic carbocycles. The second-order valence-corrected chi connectivity index (χ2v) is 3.63. The maximum absolute atomic E-state index is 10.5. The summed E-state index contributed by atoms with van der Waals surface area (Å²) < 4.78 is 26.3. The fourth-order valence-electron chi connectivity index (χ4n) is 1.38. The van der Waals surface area contributed by atoms with E-state index in [0.717, 1.165) is 5.56 Å². The Kier molecular flexibility index (Phi) is 2.55. The molecule has 1 atom stereocenters. The molecular weight excluding hydrogens is 205 g/mol. The number of hydrogen-bond donors (Lipinski definition) is 3. The molecule has 7 heteroatoms. The smallest absolute Gasteiger partial charge is 0.423 e. The molecule has 2 rings (SSSR count). The number of anilines is 1. The van der Waals surface area contributed by atoms with Gasteiger partial charge in [-0.05, 0) is 23.2 Å². The lowest BCUT2D eigenvalue weighted by molar-refractivity contribution is 0.275. The van der Waals surface area contributed by atoms with Gasteiger partial charge in [0.2, 0.25) is 0 Å². The molecule has 14 heavy (non-hydrogen) atoms. The molecule has 0 amide bonds. The van der Waals surface area contributed by atoms with Crippen molar-refractivity contribution >= 4 is 29.5 Å². The number of hydrogen-bond acceptors (Lipinski definition) is 3. The quantitative estimate of drug-likeness (QED) is 0.455. The van der Waals surface area contributed by atoms with Crippen molar-refractivity contribution in [1.29, 1.82) is 0 Å². The highest BCUT2D eigenvalue weighted by atomic mass is 32.2. The van der Waals surface area contributed by atoms with E-state index >= 15 is 0 Å². The summed E-state index contributed by atoms with van der Waals surface area (Å²) >= 11 is -2.10.